The van der Waals surface area contributed by atoms with Crippen LogP contribution in [0.4, 0.5) is 11.5 Å². The monoisotopic (exact) mass is 265 g/mol. The van der Waals surface area contributed by atoms with Crippen LogP contribution in [0.2, 0.25) is 0 Å². The number of esters is 1. The minimum absolute atomic E-state index is 0.232. The van der Waals surface area contributed by atoms with Crippen LogP contribution >= 0.6 is 0 Å². The van der Waals surface area contributed by atoms with Crippen LogP contribution in [0.15, 0.2) is 12.3 Å². The highest BCUT2D eigenvalue weighted by Crippen LogP contribution is 2.29. The maximum atomic E-state index is 11.9. The van der Waals surface area contributed by atoms with Gasteiger partial charge in [-0.2, -0.15) is 0 Å². The maximum Gasteiger partial charge on any atom is 0.341 e. The Morgan fingerprint density at radius 2 is 2.32 bits per heavy atom. The Hall–Kier alpha value is -1.82. The highest BCUT2D eigenvalue weighted by atomic mass is 16.5. The molecule has 6 nitrogen and oxygen atoms in total. The number of nitrogens with two attached hydrogens (primary N) is 1. The molecule has 0 bridgehead atoms. The van der Waals surface area contributed by atoms with Crippen LogP contribution in [0.1, 0.15) is 24.2 Å². The van der Waals surface area contributed by atoms with E-state index < -0.39 is 5.97 Å². The van der Waals surface area contributed by atoms with Crippen molar-refractivity contribution in [3.63, 3.8) is 0 Å². The Bertz CT molecular complexity index is 488. The lowest BCUT2D eigenvalue weighted by atomic mass is 10.0. The third kappa shape index (κ3) is 2.63. The van der Waals surface area contributed by atoms with E-state index in [1.54, 1.807) is 12.3 Å². The third-order valence-corrected chi connectivity index (χ3v) is 3.19. The number of carbonyl (C=O) groups excluding carboxylic acids is 1. The van der Waals surface area contributed by atoms with Crippen LogP contribution in [-0.2, 0) is 9.47 Å². The van der Waals surface area contributed by atoms with Crippen molar-refractivity contribution in [2.45, 2.75) is 19.4 Å². The van der Waals surface area contributed by atoms with Gasteiger partial charge in [-0.25, -0.2) is 9.78 Å². The van der Waals surface area contributed by atoms with Crippen molar-refractivity contribution in [2.75, 3.05) is 37.5 Å². The minimum atomic E-state index is -0.433. The van der Waals surface area contributed by atoms with Crippen LogP contribution < -0.4 is 10.6 Å². The lowest BCUT2D eigenvalue weighted by Crippen LogP contribution is -2.54. The summed E-state index contributed by atoms with van der Waals surface area (Å²) >= 11 is 0. The van der Waals surface area contributed by atoms with E-state index in [2.05, 4.69) is 9.88 Å². The molecule has 1 aliphatic heterocycles. The maximum absolute atomic E-state index is 11.9. The van der Waals surface area contributed by atoms with Crippen LogP contribution in [0.5, 0.6) is 0 Å². The number of ether oxygens (including phenoxy) is 2. The molecule has 2 heterocycles. The molecule has 6 heteroatoms. The molecule has 0 aromatic carbocycles. The number of carbonyl (C=O) groups is 1. The van der Waals surface area contributed by atoms with Crippen molar-refractivity contribution in [1.82, 2.24) is 4.98 Å². The highest BCUT2D eigenvalue weighted by molar-refractivity contribution is 5.95. The Kier molecular flexibility index (Phi) is 3.61. The molecule has 0 radical (unpaired) electrons. The Morgan fingerprint density at radius 3 is 2.95 bits per heavy atom. The average Bonchev–Trinajstić information content (AvgIpc) is 2.38. The summed E-state index contributed by atoms with van der Waals surface area (Å²) in [7, 11) is 1.35. The minimum Gasteiger partial charge on any atom is -0.465 e. The summed E-state index contributed by atoms with van der Waals surface area (Å²) in [6.07, 6.45) is 1.55. The van der Waals surface area contributed by atoms with E-state index in [1.807, 2.05) is 13.8 Å². The number of hydrogen-bond donors (Lipinski definition) is 1. The first-order chi connectivity index (χ1) is 8.95. The van der Waals surface area contributed by atoms with Crippen molar-refractivity contribution in [2.24, 2.45) is 0 Å². The van der Waals surface area contributed by atoms with Crippen molar-refractivity contribution < 1.29 is 14.3 Å². The number of pyridine rings is 1. The van der Waals surface area contributed by atoms with Gasteiger partial charge in [0.25, 0.3) is 0 Å². The van der Waals surface area contributed by atoms with Gasteiger partial charge in [0.2, 0.25) is 0 Å². The normalized spacial score (nSPS) is 18.2. The van der Waals surface area contributed by atoms with E-state index in [4.69, 9.17) is 15.2 Å². The fourth-order valence-electron chi connectivity index (χ4n) is 2.20. The van der Waals surface area contributed by atoms with Crippen molar-refractivity contribution in [3.05, 3.63) is 17.8 Å². The summed E-state index contributed by atoms with van der Waals surface area (Å²) in [6.45, 7) is 5.96. The van der Waals surface area contributed by atoms with Gasteiger partial charge in [-0.1, -0.05) is 0 Å². The topological polar surface area (TPSA) is 77.7 Å². The second-order valence-corrected chi connectivity index (χ2v) is 5.15. The molecule has 0 atom stereocenters. The zero-order valence-electron chi connectivity index (χ0n) is 11.5. The molecule has 19 heavy (non-hydrogen) atoms. The van der Waals surface area contributed by atoms with E-state index in [-0.39, 0.29) is 5.54 Å². The number of hydrogen-bond acceptors (Lipinski definition) is 6. The molecule has 1 saturated heterocycles. The van der Waals surface area contributed by atoms with Crippen LogP contribution in [-0.4, -0.2) is 43.4 Å². The van der Waals surface area contributed by atoms with Gasteiger partial charge in [0.15, 0.2) is 0 Å². The van der Waals surface area contributed by atoms with Crippen LogP contribution in [0, 0.1) is 0 Å². The Morgan fingerprint density at radius 1 is 1.58 bits per heavy atom. The molecule has 2 rings (SSSR count). The SMILES string of the molecule is COC(=O)c1cc(N)cnc1N1CCOCC1(C)C. The van der Waals surface area contributed by atoms with Gasteiger partial charge >= 0.3 is 5.97 Å². The molecule has 104 valence electrons. The zero-order valence-corrected chi connectivity index (χ0v) is 11.5. The molecule has 1 aliphatic rings. The zero-order chi connectivity index (χ0) is 14.0. The summed E-state index contributed by atoms with van der Waals surface area (Å²) in [5, 5.41) is 0. The molecular formula is C13H19N3O3. The largest absolute Gasteiger partial charge is 0.465 e. The van der Waals surface area contributed by atoms with Gasteiger partial charge in [-0.3, -0.25) is 0 Å². The van der Waals surface area contributed by atoms with Crippen LogP contribution in [0.3, 0.4) is 0 Å². The predicted molar refractivity (Wildman–Crippen MR) is 72.2 cm³/mol. The molecule has 1 aromatic heterocycles. The molecular weight excluding hydrogens is 246 g/mol. The molecule has 0 saturated carbocycles. The second-order valence-electron chi connectivity index (χ2n) is 5.15. The fraction of sp³-hybridized carbons (Fsp3) is 0.538. The first-order valence-corrected chi connectivity index (χ1v) is 6.15. The van der Waals surface area contributed by atoms with Gasteiger partial charge in [-0.15, -0.1) is 0 Å². The quantitative estimate of drug-likeness (QED) is 0.806. The summed E-state index contributed by atoms with van der Waals surface area (Å²) in [5.41, 5.74) is 6.30. The standard InChI is InChI=1S/C13H19N3O3/c1-13(2)8-19-5-4-16(13)11-10(12(17)18-3)6-9(14)7-15-11/h6-7H,4-5,8,14H2,1-3H3. The van der Waals surface area contributed by atoms with E-state index in [9.17, 15) is 4.79 Å². The fourth-order valence-corrected chi connectivity index (χ4v) is 2.20. The first-order valence-electron chi connectivity index (χ1n) is 6.15. The van der Waals surface area contributed by atoms with Gasteiger partial charge in [0.1, 0.15) is 11.4 Å². The van der Waals surface area contributed by atoms with E-state index >= 15 is 0 Å². The Balaban J connectivity index is 2.46. The Labute approximate surface area is 112 Å². The average molecular weight is 265 g/mol. The second kappa shape index (κ2) is 5.05. The summed E-state index contributed by atoms with van der Waals surface area (Å²) in [5.74, 6) is 0.159. The summed E-state index contributed by atoms with van der Waals surface area (Å²) in [6, 6.07) is 1.60. The number of nitrogens with zero attached hydrogens (tertiary/aromatic N) is 2. The lowest BCUT2D eigenvalue weighted by molar-refractivity contribution is 0.0582. The molecule has 0 spiro atoms. The van der Waals surface area contributed by atoms with Gasteiger partial charge in [-0.05, 0) is 19.9 Å². The highest BCUT2D eigenvalue weighted by Gasteiger charge is 2.34. The molecule has 1 fully saturated rings. The van der Waals surface area contributed by atoms with E-state index in [1.165, 1.54) is 7.11 Å². The number of rotatable bonds is 2. The summed E-state index contributed by atoms with van der Waals surface area (Å²) in [4.78, 5) is 18.2. The van der Waals surface area contributed by atoms with Crippen molar-refractivity contribution in [1.29, 1.82) is 0 Å². The lowest BCUT2D eigenvalue weighted by Gasteiger charge is -2.43. The van der Waals surface area contributed by atoms with Crippen molar-refractivity contribution >= 4 is 17.5 Å². The molecule has 0 unspecified atom stereocenters. The predicted octanol–water partition coefficient (Wildman–Crippen LogP) is 1.07. The van der Waals surface area contributed by atoms with E-state index in [0.29, 0.717) is 36.8 Å². The van der Waals surface area contributed by atoms with Crippen molar-refractivity contribution in [3.8, 4) is 0 Å². The molecule has 0 amide bonds. The molecule has 2 N–H and O–H groups in total. The molecule has 0 aliphatic carbocycles. The number of morpholine rings is 1. The van der Waals surface area contributed by atoms with E-state index in [0.717, 1.165) is 0 Å². The van der Waals surface area contributed by atoms with Gasteiger partial charge < -0.3 is 20.1 Å². The summed E-state index contributed by atoms with van der Waals surface area (Å²) < 4.78 is 10.3. The first kappa shape index (κ1) is 13.6. The number of aromatic nitrogens is 1. The smallest absolute Gasteiger partial charge is 0.341 e. The van der Waals surface area contributed by atoms with Gasteiger partial charge in [0, 0.05) is 6.54 Å². The van der Waals surface area contributed by atoms with Crippen LogP contribution in [0.25, 0.3) is 0 Å². The number of methoxy groups -OCH3 is 1. The van der Waals surface area contributed by atoms with Gasteiger partial charge in [0.05, 0.1) is 37.7 Å². The number of anilines is 2. The third-order valence-electron chi connectivity index (χ3n) is 3.19. The number of nitrogen functional groups attached to an aromatic ring is 1. The molecule has 1 aromatic rings.